The molecule has 2 unspecified atom stereocenters. The van der Waals surface area contributed by atoms with E-state index in [1.807, 2.05) is 52.1 Å². The molecular weight excluding hydrogens is 620 g/mol. The number of hydrogen-bond acceptors (Lipinski definition) is 7. The maximum atomic E-state index is 14.4. The number of carbonyl (C=O) groups is 6. The number of Topliss-reactive ketones (excluding diaryl/α,β-unsaturated/α-hetero) is 1. The predicted molar refractivity (Wildman–Crippen MR) is 179 cm³/mol. The topological polar surface area (TPSA) is 180 Å². The van der Waals surface area contributed by atoms with Gasteiger partial charge in [-0.15, -0.1) is 11.3 Å². The fourth-order valence-electron chi connectivity index (χ4n) is 6.96. The second-order valence-electron chi connectivity index (χ2n) is 14.9. The Hall–Kier alpha value is -3.48. The smallest absolute Gasteiger partial charge is 0.316 e. The van der Waals surface area contributed by atoms with Gasteiger partial charge in [0, 0.05) is 11.4 Å². The van der Waals surface area contributed by atoms with Gasteiger partial charge in [-0.3, -0.25) is 24.0 Å². The molecule has 0 radical (unpaired) electrons. The number of amides is 6. The first kappa shape index (κ1) is 36.4. The van der Waals surface area contributed by atoms with Crippen LogP contribution in [-0.4, -0.2) is 70.6 Å². The van der Waals surface area contributed by atoms with E-state index >= 15 is 0 Å². The van der Waals surface area contributed by atoms with Crippen molar-refractivity contribution in [2.75, 3.05) is 6.54 Å². The van der Waals surface area contributed by atoms with E-state index in [1.54, 1.807) is 11.3 Å². The lowest BCUT2D eigenvalue weighted by Gasteiger charge is -2.39. The van der Waals surface area contributed by atoms with Crippen molar-refractivity contribution in [3.63, 3.8) is 0 Å². The molecular formula is C34H52N6O6S. The van der Waals surface area contributed by atoms with Gasteiger partial charge in [-0.25, -0.2) is 4.79 Å². The molecule has 2 saturated carbocycles. The van der Waals surface area contributed by atoms with Crippen molar-refractivity contribution in [2.24, 2.45) is 28.9 Å². The van der Waals surface area contributed by atoms with Crippen molar-refractivity contribution in [2.45, 2.75) is 123 Å². The molecule has 2 aliphatic carbocycles. The predicted octanol–water partition coefficient (Wildman–Crippen LogP) is 2.99. The van der Waals surface area contributed by atoms with Crippen LogP contribution < -0.4 is 27.0 Å². The summed E-state index contributed by atoms with van der Waals surface area (Å²) in [6, 6.07) is 0.279. The van der Waals surface area contributed by atoms with E-state index < -0.39 is 58.6 Å². The molecule has 13 heteroatoms. The van der Waals surface area contributed by atoms with Gasteiger partial charge in [0.25, 0.3) is 5.91 Å². The van der Waals surface area contributed by atoms with Crippen LogP contribution in [0, 0.1) is 23.2 Å². The highest BCUT2D eigenvalue weighted by Gasteiger charge is 2.49. The van der Waals surface area contributed by atoms with Gasteiger partial charge in [0.2, 0.25) is 23.5 Å². The molecule has 4 rings (SSSR count). The highest BCUT2D eigenvalue weighted by molar-refractivity contribution is 7.09. The van der Waals surface area contributed by atoms with Gasteiger partial charge in [-0.2, -0.15) is 0 Å². The molecule has 6 N–H and O–H groups in total. The average Bonchev–Trinajstić information content (AvgIpc) is 3.47. The van der Waals surface area contributed by atoms with E-state index in [4.69, 9.17) is 5.73 Å². The van der Waals surface area contributed by atoms with Gasteiger partial charge in [0.15, 0.2) is 0 Å². The first-order valence-corrected chi connectivity index (χ1v) is 17.8. The number of rotatable bonds is 13. The number of nitrogens with two attached hydrogens (primary N) is 1. The summed E-state index contributed by atoms with van der Waals surface area (Å²) in [5, 5.41) is 13.5. The molecule has 47 heavy (non-hydrogen) atoms. The third-order valence-corrected chi connectivity index (χ3v) is 10.8. The Morgan fingerprint density at radius 1 is 1.02 bits per heavy atom. The molecule has 3 aliphatic rings. The monoisotopic (exact) mass is 672 g/mol. The highest BCUT2D eigenvalue weighted by atomic mass is 32.1. The zero-order valence-electron chi connectivity index (χ0n) is 28.4. The van der Waals surface area contributed by atoms with E-state index in [2.05, 4.69) is 21.3 Å². The summed E-state index contributed by atoms with van der Waals surface area (Å²) < 4.78 is 0. The highest BCUT2D eigenvalue weighted by Crippen LogP contribution is 2.36. The van der Waals surface area contributed by atoms with Gasteiger partial charge >= 0.3 is 6.03 Å². The Labute approximate surface area is 281 Å². The molecule has 3 fully saturated rings. The molecule has 2 heterocycles. The molecule has 12 nitrogen and oxygen atoms in total. The van der Waals surface area contributed by atoms with Crippen molar-refractivity contribution in [3.8, 4) is 0 Å². The largest absolute Gasteiger partial charge is 0.363 e. The van der Waals surface area contributed by atoms with E-state index in [0.717, 1.165) is 37.0 Å². The number of nitrogens with zero attached hydrogens (tertiary/aromatic N) is 1. The van der Waals surface area contributed by atoms with E-state index in [-0.39, 0.29) is 23.7 Å². The summed E-state index contributed by atoms with van der Waals surface area (Å²) in [7, 11) is 0. The van der Waals surface area contributed by atoms with Gasteiger partial charge in [-0.1, -0.05) is 72.8 Å². The van der Waals surface area contributed by atoms with Crippen molar-refractivity contribution in [1.82, 2.24) is 26.2 Å². The summed E-state index contributed by atoms with van der Waals surface area (Å²) in [5.74, 6) is -3.03. The van der Waals surface area contributed by atoms with E-state index in [1.165, 1.54) is 4.90 Å². The minimum Gasteiger partial charge on any atom is -0.363 e. The van der Waals surface area contributed by atoms with Gasteiger partial charge in [0.05, 0.1) is 12.6 Å². The van der Waals surface area contributed by atoms with Crippen molar-refractivity contribution >= 4 is 46.8 Å². The third kappa shape index (κ3) is 9.11. The summed E-state index contributed by atoms with van der Waals surface area (Å²) in [6.07, 6.45) is 6.24. The van der Waals surface area contributed by atoms with Crippen molar-refractivity contribution < 1.29 is 28.8 Å². The Bertz CT molecular complexity index is 1310. The van der Waals surface area contributed by atoms with Crippen molar-refractivity contribution in [3.05, 3.63) is 22.4 Å². The minimum atomic E-state index is -1.10. The van der Waals surface area contributed by atoms with Crippen LogP contribution in [0.3, 0.4) is 0 Å². The lowest BCUT2D eigenvalue weighted by molar-refractivity contribution is -0.144. The van der Waals surface area contributed by atoms with E-state index in [9.17, 15) is 28.8 Å². The number of nitrogens with one attached hydrogen (secondary N) is 4. The van der Waals surface area contributed by atoms with Gasteiger partial charge in [0.1, 0.15) is 17.6 Å². The quantitative estimate of drug-likeness (QED) is 0.201. The van der Waals surface area contributed by atoms with Crippen LogP contribution in [0.15, 0.2) is 17.5 Å². The lowest BCUT2D eigenvalue weighted by Crippen LogP contribution is -2.65. The first-order valence-electron chi connectivity index (χ1n) is 17.0. The van der Waals surface area contributed by atoms with E-state index in [0.29, 0.717) is 38.8 Å². The zero-order valence-corrected chi connectivity index (χ0v) is 29.2. The molecule has 1 aromatic heterocycles. The Balaban J connectivity index is 1.52. The lowest BCUT2D eigenvalue weighted by atomic mass is 9.80. The molecule has 4 atom stereocenters. The standard InChI is InChI=1S/C34H52N6O6S/c1-20(2)23-13-16-40(25(23)29(43)37-24(18-21-11-12-21)26(41)28(35)42)30(44)27(33(3,4)5)38-32(46)39-34(14-7-6-8-15-34)31(45)36-19-22-10-9-17-47-22/h9-10,17,20-21,23-25,27H,6-8,11-16,18-19H2,1-5H3,(H2,35,42)(H,36,45)(H,37,43)(H2,38,39,46)/t23?,24?,25-,27+/m0/s1. The second-order valence-corrected chi connectivity index (χ2v) is 16.0. The summed E-state index contributed by atoms with van der Waals surface area (Å²) in [6.45, 7) is 10.1. The van der Waals surface area contributed by atoms with Crippen LogP contribution >= 0.6 is 11.3 Å². The summed E-state index contributed by atoms with van der Waals surface area (Å²) >= 11 is 1.54. The zero-order chi connectivity index (χ0) is 34.5. The van der Waals surface area contributed by atoms with Crippen LogP contribution in [-0.2, 0) is 30.5 Å². The maximum Gasteiger partial charge on any atom is 0.316 e. The van der Waals surface area contributed by atoms with Gasteiger partial charge < -0.3 is 31.9 Å². The van der Waals surface area contributed by atoms with Crippen LogP contribution in [0.25, 0.3) is 0 Å². The number of urea groups is 1. The molecule has 0 aromatic carbocycles. The fraction of sp³-hybridized carbons (Fsp3) is 0.706. The second kappa shape index (κ2) is 15.2. The molecule has 1 aliphatic heterocycles. The fourth-order valence-corrected chi connectivity index (χ4v) is 7.60. The molecule has 1 saturated heterocycles. The summed E-state index contributed by atoms with van der Waals surface area (Å²) in [4.78, 5) is 82.4. The number of thiophene rings is 1. The number of ketones is 1. The Kier molecular flexibility index (Phi) is 11.7. The van der Waals surface area contributed by atoms with Crippen LogP contribution in [0.5, 0.6) is 0 Å². The molecule has 6 amide bonds. The van der Waals surface area contributed by atoms with Crippen LogP contribution in [0.4, 0.5) is 4.79 Å². The third-order valence-electron chi connectivity index (χ3n) is 9.88. The van der Waals surface area contributed by atoms with Crippen LogP contribution in [0.1, 0.15) is 97.3 Å². The number of hydrogen-bond donors (Lipinski definition) is 5. The first-order chi connectivity index (χ1) is 22.1. The molecule has 1 aromatic rings. The normalized spacial score (nSPS) is 22.2. The minimum absolute atomic E-state index is 0.0421. The van der Waals surface area contributed by atoms with Crippen molar-refractivity contribution in [1.29, 1.82) is 0 Å². The Morgan fingerprint density at radius 2 is 1.70 bits per heavy atom. The van der Waals surface area contributed by atoms with Crippen LogP contribution in [0.2, 0.25) is 0 Å². The summed E-state index contributed by atoms with van der Waals surface area (Å²) in [5.41, 5.74) is 3.46. The number of likely N-dealkylation sites (tertiary alicyclic amines) is 1. The average molecular weight is 673 g/mol. The SMILES string of the molecule is CC(C)C1CCN(C(=O)[C@@H](NC(=O)NC2(C(=O)NCc3cccs3)CCCCC2)C(C)(C)C)[C@@H]1C(=O)NC(CC1CC1)C(=O)C(N)=O. The maximum absolute atomic E-state index is 14.4. The van der Waals surface area contributed by atoms with Gasteiger partial charge in [-0.05, 0) is 60.3 Å². The molecule has 0 spiro atoms. The number of carbonyl (C=O) groups excluding carboxylic acids is 6. The molecule has 260 valence electrons. The Morgan fingerprint density at radius 3 is 2.26 bits per heavy atom. The number of primary amides is 1. The molecule has 0 bridgehead atoms.